The Morgan fingerprint density at radius 1 is 1.67 bits per heavy atom. The fraction of sp³-hybridized carbons (Fsp3) is 0.333. The molecule has 0 aliphatic heterocycles. The van der Waals surface area contributed by atoms with E-state index in [2.05, 4.69) is 5.11 Å². The lowest BCUT2D eigenvalue weighted by atomic mass is 10.4. The molecule has 48 valence electrons. The van der Waals surface area contributed by atoms with E-state index in [1.807, 2.05) is 19.1 Å². The summed E-state index contributed by atoms with van der Waals surface area (Å²) in [5, 5.41) is 2.11. The molecule has 0 spiro atoms. The van der Waals surface area contributed by atoms with Crippen molar-refractivity contribution in [3.05, 3.63) is 27.4 Å². The molecule has 1 N–H and O–H groups in total. The molecule has 9 heavy (non-hydrogen) atoms. The van der Waals surface area contributed by atoms with E-state index in [1.165, 1.54) is 4.88 Å². The van der Waals surface area contributed by atoms with Gasteiger partial charge in [0.25, 0.3) is 0 Å². The molecule has 3 heteroatoms. The monoisotopic (exact) mass is 140 g/mol. The van der Waals surface area contributed by atoms with E-state index in [0.717, 1.165) is 4.88 Å². The average molecular weight is 140 g/mol. The lowest BCUT2D eigenvalue weighted by Crippen LogP contribution is -2.60. The van der Waals surface area contributed by atoms with Crippen LogP contribution < -0.4 is 5.11 Å². The van der Waals surface area contributed by atoms with E-state index in [0.29, 0.717) is 6.54 Å². The fourth-order valence-electron chi connectivity index (χ4n) is 0.658. The molecule has 0 amide bonds. The number of nitrogens with one attached hydrogen (secondary N) is 1. The summed E-state index contributed by atoms with van der Waals surface area (Å²) in [4.78, 5) is 2.44. The van der Waals surface area contributed by atoms with Gasteiger partial charge in [-0.25, -0.2) is 0 Å². The zero-order valence-electron chi connectivity index (χ0n) is 5.22. The normalized spacial score (nSPS) is 9.44. The minimum Gasteiger partial charge on any atom is -0.508 e. The summed E-state index contributed by atoms with van der Waals surface area (Å²) in [5.41, 5.74) is 8.29. The SMILES string of the molecule is Cc1ccc(C[NH+]=[N-])s1. The van der Waals surface area contributed by atoms with Gasteiger partial charge < -0.3 is 10.6 Å². The Morgan fingerprint density at radius 2 is 2.44 bits per heavy atom. The maximum Gasteiger partial charge on any atom is 0.164 e. The Labute approximate surface area is 58.0 Å². The molecule has 0 unspecified atom stereocenters. The van der Waals surface area contributed by atoms with Crippen molar-refractivity contribution in [1.82, 2.24) is 0 Å². The summed E-state index contributed by atoms with van der Waals surface area (Å²) in [6.07, 6.45) is 0. The van der Waals surface area contributed by atoms with Crippen molar-refractivity contribution in [3.8, 4) is 0 Å². The van der Waals surface area contributed by atoms with Crippen LogP contribution in [0.2, 0.25) is 0 Å². The summed E-state index contributed by atoms with van der Waals surface area (Å²) in [5.74, 6) is 0. The van der Waals surface area contributed by atoms with Crippen LogP contribution in [0.3, 0.4) is 0 Å². The minimum atomic E-state index is 0.554. The molecule has 0 saturated heterocycles. The van der Waals surface area contributed by atoms with E-state index in [9.17, 15) is 0 Å². The summed E-state index contributed by atoms with van der Waals surface area (Å²) in [6.45, 7) is 2.60. The van der Waals surface area contributed by atoms with Crippen molar-refractivity contribution in [2.75, 3.05) is 0 Å². The van der Waals surface area contributed by atoms with Gasteiger partial charge in [0.1, 0.15) is 0 Å². The highest BCUT2D eigenvalue weighted by Gasteiger charge is 1.93. The van der Waals surface area contributed by atoms with Crippen LogP contribution >= 0.6 is 11.3 Å². The highest BCUT2D eigenvalue weighted by molar-refractivity contribution is 7.11. The van der Waals surface area contributed by atoms with Crippen molar-refractivity contribution in [1.29, 1.82) is 0 Å². The van der Waals surface area contributed by atoms with Gasteiger partial charge in [0, 0.05) is 4.88 Å². The molecule has 0 aliphatic rings. The van der Waals surface area contributed by atoms with Crippen LogP contribution in [0.5, 0.6) is 0 Å². The van der Waals surface area contributed by atoms with Crippen LogP contribution in [-0.2, 0) is 6.54 Å². The highest BCUT2D eigenvalue weighted by atomic mass is 32.1. The summed E-state index contributed by atoms with van der Waals surface area (Å²) >= 11 is 1.69. The average Bonchev–Trinajstić information content (AvgIpc) is 2.17. The summed E-state index contributed by atoms with van der Waals surface area (Å²) < 4.78 is 0. The molecule has 0 atom stereocenters. The maximum atomic E-state index is 8.29. The van der Waals surface area contributed by atoms with Gasteiger partial charge in [-0.2, -0.15) is 0 Å². The van der Waals surface area contributed by atoms with Crippen molar-refractivity contribution >= 4 is 11.3 Å². The molecule has 0 aliphatic carbocycles. The third-order valence-corrected chi connectivity index (χ3v) is 2.05. The lowest BCUT2D eigenvalue weighted by molar-refractivity contribution is -0.497. The number of thiophene rings is 1. The zero-order chi connectivity index (χ0) is 6.69. The fourth-order valence-corrected chi connectivity index (χ4v) is 1.48. The van der Waals surface area contributed by atoms with E-state index in [-0.39, 0.29) is 0 Å². The van der Waals surface area contributed by atoms with Gasteiger partial charge >= 0.3 is 0 Å². The first kappa shape index (κ1) is 6.42. The molecule has 2 nitrogen and oxygen atoms in total. The van der Waals surface area contributed by atoms with Crippen LogP contribution in [0.25, 0.3) is 5.53 Å². The highest BCUT2D eigenvalue weighted by Crippen LogP contribution is 2.12. The van der Waals surface area contributed by atoms with Crippen LogP contribution in [0.4, 0.5) is 0 Å². The Hall–Kier alpha value is -0.700. The quantitative estimate of drug-likeness (QED) is 0.586. The maximum absolute atomic E-state index is 8.29. The van der Waals surface area contributed by atoms with Crippen molar-refractivity contribution in [2.24, 2.45) is 0 Å². The molecule has 0 aromatic carbocycles. The number of aryl methyl sites for hydroxylation is 1. The van der Waals surface area contributed by atoms with E-state index in [4.69, 9.17) is 5.53 Å². The van der Waals surface area contributed by atoms with Crippen LogP contribution in [0, 0.1) is 6.92 Å². The first-order valence-corrected chi connectivity index (χ1v) is 3.57. The van der Waals surface area contributed by atoms with E-state index >= 15 is 0 Å². The van der Waals surface area contributed by atoms with Gasteiger partial charge in [0.2, 0.25) is 0 Å². The number of hydrogen-bond acceptors (Lipinski definition) is 1. The van der Waals surface area contributed by atoms with E-state index < -0.39 is 0 Å². The largest absolute Gasteiger partial charge is 0.508 e. The third kappa shape index (κ3) is 1.61. The van der Waals surface area contributed by atoms with Gasteiger partial charge in [-0.3, -0.25) is 0 Å². The molecule has 1 aromatic heterocycles. The number of hydrogen-bond donors (Lipinski definition) is 1. The zero-order valence-corrected chi connectivity index (χ0v) is 6.03. The van der Waals surface area contributed by atoms with Gasteiger partial charge in [-0.1, -0.05) is 0 Å². The van der Waals surface area contributed by atoms with Gasteiger partial charge in [-0.05, 0) is 19.1 Å². The second kappa shape index (κ2) is 2.73. The lowest BCUT2D eigenvalue weighted by Gasteiger charge is -1.82. The Kier molecular flexibility index (Phi) is 1.95. The van der Waals surface area contributed by atoms with Gasteiger partial charge in [-0.15, -0.1) is 11.3 Å². The van der Waals surface area contributed by atoms with Crippen molar-refractivity contribution in [2.45, 2.75) is 13.5 Å². The molecule has 0 fully saturated rings. The Morgan fingerprint density at radius 3 is 2.89 bits per heavy atom. The molecule has 1 heterocycles. The standard InChI is InChI=1S/C6H8N2S/c1-5-2-3-6(9-5)4-8-7/h2-3,8H,4H2,1H3. The first-order chi connectivity index (χ1) is 4.33. The third-order valence-electron chi connectivity index (χ3n) is 1.05. The number of nitrogens with zero attached hydrogens (tertiary/aromatic N) is 1. The smallest absolute Gasteiger partial charge is 0.164 e. The van der Waals surface area contributed by atoms with Crippen molar-refractivity contribution < 1.29 is 5.11 Å². The Bertz CT molecular complexity index is 205. The first-order valence-electron chi connectivity index (χ1n) is 2.75. The predicted molar refractivity (Wildman–Crippen MR) is 37.1 cm³/mol. The van der Waals surface area contributed by atoms with Gasteiger partial charge in [0.05, 0.1) is 4.88 Å². The second-order valence-electron chi connectivity index (χ2n) is 1.85. The van der Waals surface area contributed by atoms with Crippen LogP contribution in [0.15, 0.2) is 12.1 Å². The minimum absolute atomic E-state index is 0.554. The molecule has 1 aromatic rings. The summed E-state index contributed by atoms with van der Waals surface area (Å²) in [6, 6.07) is 4.04. The Balaban J connectivity index is 2.72. The topological polar surface area (TPSA) is 36.3 Å². The molecule has 1 rings (SSSR count). The molecule has 0 radical (unpaired) electrons. The molecule has 0 bridgehead atoms. The van der Waals surface area contributed by atoms with Crippen molar-refractivity contribution in [3.63, 3.8) is 0 Å². The molecular formula is C6H8N2S. The van der Waals surface area contributed by atoms with Crippen LogP contribution in [0.1, 0.15) is 9.75 Å². The van der Waals surface area contributed by atoms with E-state index in [1.54, 1.807) is 11.3 Å². The van der Waals surface area contributed by atoms with Crippen LogP contribution in [-0.4, -0.2) is 0 Å². The summed E-state index contributed by atoms with van der Waals surface area (Å²) in [7, 11) is 0. The molecule has 0 saturated carbocycles. The number of rotatable bonds is 2. The second-order valence-corrected chi connectivity index (χ2v) is 3.22. The van der Waals surface area contributed by atoms with Gasteiger partial charge in [0.15, 0.2) is 6.54 Å². The molecular weight excluding hydrogens is 132 g/mol. The predicted octanol–water partition coefficient (Wildman–Crippen LogP) is 0.659.